The summed E-state index contributed by atoms with van der Waals surface area (Å²) in [6, 6.07) is 0. The van der Waals surface area contributed by atoms with E-state index in [-0.39, 0.29) is 29.2 Å². The monoisotopic (exact) mass is 265 g/mol. The minimum Gasteiger partial charge on any atom is -0.370 e. The second kappa shape index (κ2) is 4.52. The largest absolute Gasteiger partial charge is 0.370 e. The summed E-state index contributed by atoms with van der Waals surface area (Å²) in [6.07, 6.45) is 1.94. The fraction of sp³-hybridized carbons (Fsp3) is 0.615. The van der Waals surface area contributed by atoms with Gasteiger partial charge >= 0.3 is 0 Å². The molecule has 0 aliphatic carbocycles. The van der Waals surface area contributed by atoms with Crippen LogP contribution in [0.15, 0.2) is 16.1 Å². The number of nitrogens with zero attached hydrogens (tertiary/aromatic N) is 2. The number of H-pyrrole nitrogens is 1. The molecule has 102 valence electrons. The van der Waals surface area contributed by atoms with Crippen LogP contribution in [0.1, 0.15) is 31.9 Å². The van der Waals surface area contributed by atoms with Gasteiger partial charge in [0.2, 0.25) is 0 Å². The van der Waals surface area contributed by atoms with Gasteiger partial charge in [0.15, 0.2) is 0 Å². The van der Waals surface area contributed by atoms with Crippen LogP contribution in [0.2, 0.25) is 0 Å². The van der Waals surface area contributed by atoms with E-state index in [2.05, 4.69) is 15.0 Å². The molecule has 2 aliphatic heterocycles. The van der Waals surface area contributed by atoms with E-state index in [0.29, 0.717) is 5.69 Å². The maximum atomic E-state index is 14.4. The van der Waals surface area contributed by atoms with Crippen LogP contribution in [0, 0.1) is 5.92 Å². The first-order valence-electron chi connectivity index (χ1n) is 6.54. The molecule has 0 aromatic carbocycles. The van der Waals surface area contributed by atoms with Crippen molar-refractivity contribution in [2.24, 2.45) is 10.9 Å². The average Bonchev–Trinajstić information content (AvgIpc) is 2.94. The molecule has 1 aromatic heterocycles. The number of ether oxygens (including phenoxy) is 1. The molecule has 5 nitrogen and oxygen atoms in total. The zero-order valence-corrected chi connectivity index (χ0v) is 10.8. The van der Waals surface area contributed by atoms with E-state index in [1.165, 1.54) is 6.33 Å². The van der Waals surface area contributed by atoms with Crippen LogP contribution >= 0.6 is 0 Å². The highest BCUT2D eigenvalue weighted by Crippen LogP contribution is 2.40. The highest BCUT2D eigenvalue weighted by atomic mass is 19.1. The van der Waals surface area contributed by atoms with Gasteiger partial charge in [-0.1, -0.05) is 13.8 Å². The minimum atomic E-state index is -1.06. The molecule has 0 saturated carbocycles. The Bertz CT molecular complexity index is 571. The minimum absolute atomic E-state index is 0.0838. The molecule has 0 bridgehead atoms. The van der Waals surface area contributed by atoms with E-state index >= 15 is 0 Å². The predicted octanol–water partition coefficient (Wildman–Crippen LogP) is 1.72. The van der Waals surface area contributed by atoms with Crippen molar-refractivity contribution in [3.05, 3.63) is 22.4 Å². The van der Waals surface area contributed by atoms with Crippen LogP contribution < -0.4 is 5.56 Å². The first-order valence-corrected chi connectivity index (χ1v) is 6.54. The number of aromatic amines is 1. The van der Waals surface area contributed by atoms with Gasteiger partial charge in [-0.25, -0.2) is 9.37 Å². The van der Waals surface area contributed by atoms with Gasteiger partial charge in [-0.3, -0.25) is 9.79 Å². The van der Waals surface area contributed by atoms with Crippen LogP contribution in [0.25, 0.3) is 0 Å². The van der Waals surface area contributed by atoms with Crippen LogP contribution in [0.5, 0.6) is 0 Å². The lowest BCUT2D eigenvalue weighted by molar-refractivity contribution is 0.0199. The molecule has 1 aromatic rings. The number of hydrogen-bond donors (Lipinski definition) is 1. The lowest BCUT2D eigenvalue weighted by atomic mass is 9.91. The molecule has 1 unspecified atom stereocenters. The van der Waals surface area contributed by atoms with Gasteiger partial charge in [0.05, 0.1) is 24.0 Å². The van der Waals surface area contributed by atoms with Gasteiger partial charge < -0.3 is 9.72 Å². The molecule has 19 heavy (non-hydrogen) atoms. The molecular formula is C13H16FN3O2. The van der Waals surface area contributed by atoms with Gasteiger partial charge in [-0.15, -0.1) is 0 Å². The molecule has 0 amide bonds. The first kappa shape index (κ1) is 12.5. The van der Waals surface area contributed by atoms with Crippen molar-refractivity contribution in [1.82, 2.24) is 9.97 Å². The predicted molar refractivity (Wildman–Crippen MR) is 68.8 cm³/mol. The normalized spacial score (nSPS) is 36.7. The number of aliphatic imine (C=N–C) groups is 1. The highest BCUT2D eigenvalue weighted by molar-refractivity contribution is 5.79. The van der Waals surface area contributed by atoms with Gasteiger partial charge in [0, 0.05) is 12.1 Å². The molecule has 1 fully saturated rings. The molecule has 5 atom stereocenters. The summed E-state index contributed by atoms with van der Waals surface area (Å²) >= 11 is 0. The second-order valence-corrected chi connectivity index (χ2v) is 5.12. The zero-order valence-electron chi connectivity index (χ0n) is 10.8. The SMILES string of the molecule is CC[C@H]1O[C@@H](C2C=Nc3c2nc[nH]c3=O)[C@H](F)[C@@H]1C. The van der Waals surface area contributed by atoms with Crippen molar-refractivity contribution in [1.29, 1.82) is 0 Å². The number of halogens is 1. The Morgan fingerprint density at radius 1 is 1.53 bits per heavy atom. The quantitative estimate of drug-likeness (QED) is 0.885. The number of rotatable bonds is 2. The summed E-state index contributed by atoms with van der Waals surface area (Å²) in [4.78, 5) is 22.2. The Kier molecular flexibility index (Phi) is 2.97. The van der Waals surface area contributed by atoms with Crippen molar-refractivity contribution >= 4 is 11.9 Å². The Morgan fingerprint density at radius 2 is 2.32 bits per heavy atom. The Balaban J connectivity index is 1.93. The van der Waals surface area contributed by atoms with Gasteiger partial charge in [-0.2, -0.15) is 0 Å². The van der Waals surface area contributed by atoms with Gasteiger partial charge in [-0.05, 0) is 6.42 Å². The smallest absolute Gasteiger partial charge is 0.276 e. The summed E-state index contributed by atoms with van der Waals surface area (Å²) in [5, 5.41) is 0. The van der Waals surface area contributed by atoms with Crippen molar-refractivity contribution in [3.8, 4) is 0 Å². The standard InChI is InChI=1S/C13H16FN3O2/c1-3-8-6(2)9(14)12(19-8)7-4-15-11-10(7)16-5-17-13(11)18/h4-9,12H,3H2,1-2H3,(H,16,17,18)/t6-,7?,8-,9-,12+/m1/s1. The number of nitrogens with one attached hydrogen (secondary N) is 1. The summed E-state index contributed by atoms with van der Waals surface area (Å²) in [5.41, 5.74) is 0.494. The van der Waals surface area contributed by atoms with Gasteiger partial charge in [0.25, 0.3) is 5.56 Å². The molecule has 1 N–H and O–H groups in total. The van der Waals surface area contributed by atoms with E-state index < -0.39 is 12.3 Å². The topological polar surface area (TPSA) is 67.3 Å². The van der Waals surface area contributed by atoms with E-state index in [9.17, 15) is 9.18 Å². The lowest BCUT2D eigenvalue weighted by Crippen LogP contribution is -2.28. The molecule has 1 saturated heterocycles. The van der Waals surface area contributed by atoms with Crippen molar-refractivity contribution < 1.29 is 9.13 Å². The third-order valence-corrected chi connectivity index (χ3v) is 4.03. The molecule has 2 aliphatic rings. The van der Waals surface area contributed by atoms with Crippen LogP contribution in [-0.2, 0) is 4.74 Å². The van der Waals surface area contributed by atoms with Crippen LogP contribution in [0.4, 0.5) is 10.1 Å². The summed E-state index contributed by atoms with van der Waals surface area (Å²) < 4.78 is 20.2. The van der Waals surface area contributed by atoms with Crippen molar-refractivity contribution in [3.63, 3.8) is 0 Å². The maximum absolute atomic E-state index is 14.4. The molecule has 6 heteroatoms. The number of hydrogen-bond acceptors (Lipinski definition) is 4. The van der Waals surface area contributed by atoms with Crippen molar-refractivity contribution in [2.75, 3.05) is 0 Å². The molecule has 3 rings (SSSR count). The third kappa shape index (κ3) is 1.82. The fourth-order valence-electron chi connectivity index (χ4n) is 2.90. The molecule has 3 heterocycles. The zero-order chi connectivity index (χ0) is 13.6. The molecule has 0 radical (unpaired) electrons. The fourth-order valence-corrected chi connectivity index (χ4v) is 2.90. The Hall–Kier alpha value is -1.56. The van der Waals surface area contributed by atoms with Gasteiger partial charge in [0.1, 0.15) is 18.0 Å². The Labute approximate surface area is 109 Å². The molecule has 0 spiro atoms. The summed E-state index contributed by atoms with van der Waals surface area (Å²) in [6.45, 7) is 3.84. The molecular weight excluding hydrogens is 249 g/mol. The summed E-state index contributed by atoms with van der Waals surface area (Å²) in [5.74, 6) is -0.513. The first-order chi connectivity index (χ1) is 9.13. The average molecular weight is 265 g/mol. The lowest BCUT2D eigenvalue weighted by Gasteiger charge is -2.18. The maximum Gasteiger partial charge on any atom is 0.276 e. The Morgan fingerprint density at radius 3 is 3.00 bits per heavy atom. The van der Waals surface area contributed by atoms with Crippen LogP contribution in [0.3, 0.4) is 0 Å². The summed E-state index contributed by atoms with van der Waals surface area (Å²) in [7, 11) is 0. The number of aromatic nitrogens is 2. The van der Waals surface area contributed by atoms with Crippen molar-refractivity contribution in [2.45, 2.75) is 44.6 Å². The van der Waals surface area contributed by atoms with E-state index in [0.717, 1.165) is 6.42 Å². The third-order valence-electron chi connectivity index (χ3n) is 4.03. The van der Waals surface area contributed by atoms with E-state index in [1.807, 2.05) is 13.8 Å². The van der Waals surface area contributed by atoms with E-state index in [1.54, 1.807) is 6.21 Å². The number of fused-ring (bicyclic) bond motifs is 1. The van der Waals surface area contributed by atoms with Crippen LogP contribution in [-0.4, -0.2) is 34.6 Å². The van der Waals surface area contributed by atoms with E-state index in [4.69, 9.17) is 4.74 Å². The number of alkyl halides is 1. The highest BCUT2D eigenvalue weighted by Gasteiger charge is 2.47. The second-order valence-electron chi connectivity index (χ2n) is 5.12.